The molecule has 1 aliphatic rings. The second kappa shape index (κ2) is 6.17. The predicted octanol–water partition coefficient (Wildman–Crippen LogP) is 2.00. The van der Waals surface area contributed by atoms with Crippen molar-refractivity contribution < 1.29 is 4.74 Å². The number of hydrogen-bond acceptors (Lipinski definition) is 7. The first kappa shape index (κ1) is 16.0. The zero-order valence-electron chi connectivity index (χ0n) is 15.0. The summed E-state index contributed by atoms with van der Waals surface area (Å²) in [5, 5.41) is 2.14. The van der Waals surface area contributed by atoms with Crippen LogP contribution in [0.15, 0.2) is 36.8 Å². The molecule has 3 aromatic heterocycles. The van der Waals surface area contributed by atoms with E-state index in [1.807, 2.05) is 13.2 Å². The zero-order chi connectivity index (χ0) is 18.4. The van der Waals surface area contributed by atoms with Gasteiger partial charge in [0, 0.05) is 55.0 Å². The number of aryl methyl sites for hydroxylation is 1. The van der Waals surface area contributed by atoms with Crippen LogP contribution in [-0.2, 0) is 11.8 Å². The summed E-state index contributed by atoms with van der Waals surface area (Å²) in [6.45, 7) is 2.99. The lowest BCUT2D eigenvalue weighted by Gasteiger charge is -2.29. The molecule has 5 rings (SSSR count). The summed E-state index contributed by atoms with van der Waals surface area (Å²) < 4.78 is 7.61. The fraction of sp³-hybridized carbons (Fsp3) is 0.263. The molecule has 1 aliphatic heterocycles. The lowest BCUT2D eigenvalue weighted by molar-refractivity contribution is 0.122. The fourth-order valence-electron chi connectivity index (χ4n) is 3.53. The number of fused-ring (bicyclic) bond motifs is 3. The van der Waals surface area contributed by atoms with Gasteiger partial charge in [0.15, 0.2) is 5.82 Å². The molecule has 0 radical (unpaired) electrons. The van der Waals surface area contributed by atoms with Crippen molar-refractivity contribution in [2.45, 2.75) is 0 Å². The summed E-state index contributed by atoms with van der Waals surface area (Å²) in [4.78, 5) is 20.2. The number of hydrogen-bond donors (Lipinski definition) is 1. The van der Waals surface area contributed by atoms with Crippen LogP contribution in [0.4, 0.5) is 11.8 Å². The van der Waals surface area contributed by atoms with Crippen LogP contribution in [0, 0.1) is 0 Å². The third-order valence-electron chi connectivity index (χ3n) is 4.95. The highest BCUT2D eigenvalue weighted by atomic mass is 16.5. The van der Waals surface area contributed by atoms with E-state index in [2.05, 4.69) is 37.6 Å². The molecule has 0 amide bonds. The first-order valence-electron chi connectivity index (χ1n) is 8.87. The Morgan fingerprint density at radius 3 is 2.56 bits per heavy atom. The van der Waals surface area contributed by atoms with Gasteiger partial charge in [0.05, 0.1) is 24.3 Å². The van der Waals surface area contributed by atoms with Gasteiger partial charge in [-0.25, -0.2) is 19.9 Å². The summed E-state index contributed by atoms with van der Waals surface area (Å²) in [6.07, 6.45) is 5.38. The minimum Gasteiger partial charge on any atom is -0.378 e. The molecule has 1 saturated heterocycles. The lowest BCUT2D eigenvalue weighted by atomic mass is 10.1. The van der Waals surface area contributed by atoms with Crippen molar-refractivity contribution in [1.29, 1.82) is 0 Å². The molecule has 0 atom stereocenters. The van der Waals surface area contributed by atoms with E-state index in [1.165, 1.54) is 0 Å². The predicted molar refractivity (Wildman–Crippen MR) is 104 cm³/mol. The Bertz CT molecular complexity index is 1130. The second-order valence-corrected chi connectivity index (χ2v) is 6.62. The molecule has 136 valence electrons. The van der Waals surface area contributed by atoms with E-state index in [-0.39, 0.29) is 5.95 Å². The van der Waals surface area contributed by atoms with E-state index < -0.39 is 0 Å². The minimum atomic E-state index is 0.235. The Labute approximate surface area is 155 Å². The number of rotatable bonds is 2. The van der Waals surface area contributed by atoms with Crippen LogP contribution in [-0.4, -0.2) is 50.8 Å². The summed E-state index contributed by atoms with van der Waals surface area (Å²) in [6, 6.07) is 6.32. The Hall–Kier alpha value is -3.26. The summed E-state index contributed by atoms with van der Waals surface area (Å²) in [5.74, 6) is 1.75. The van der Waals surface area contributed by atoms with E-state index >= 15 is 0 Å². The molecule has 8 nitrogen and oxygen atoms in total. The summed E-state index contributed by atoms with van der Waals surface area (Å²) >= 11 is 0. The number of nitrogens with two attached hydrogens (primary N) is 1. The van der Waals surface area contributed by atoms with Gasteiger partial charge in [0.1, 0.15) is 5.82 Å². The zero-order valence-corrected chi connectivity index (χ0v) is 15.0. The van der Waals surface area contributed by atoms with Crippen LogP contribution in [0.5, 0.6) is 0 Å². The molecule has 1 aromatic carbocycles. The van der Waals surface area contributed by atoms with Gasteiger partial charge in [0.25, 0.3) is 0 Å². The maximum absolute atomic E-state index is 5.63. The maximum Gasteiger partial charge on any atom is 0.219 e. The number of nitrogens with zero attached hydrogens (tertiary/aromatic N) is 6. The van der Waals surface area contributed by atoms with Crippen LogP contribution in [0.3, 0.4) is 0 Å². The van der Waals surface area contributed by atoms with Gasteiger partial charge in [-0.1, -0.05) is 0 Å². The molecule has 4 aromatic rings. The normalized spacial score (nSPS) is 14.9. The van der Waals surface area contributed by atoms with Crippen molar-refractivity contribution in [3.05, 3.63) is 36.8 Å². The molecular weight excluding hydrogens is 342 g/mol. The van der Waals surface area contributed by atoms with Crippen molar-refractivity contribution in [3.63, 3.8) is 0 Å². The van der Waals surface area contributed by atoms with Gasteiger partial charge in [0.2, 0.25) is 5.95 Å². The quantitative estimate of drug-likeness (QED) is 0.583. The number of ether oxygens (including phenoxy) is 1. The lowest BCUT2D eigenvalue weighted by Crippen LogP contribution is -2.37. The number of benzene rings is 1. The first-order chi connectivity index (χ1) is 13.2. The maximum atomic E-state index is 5.63. The highest BCUT2D eigenvalue weighted by Crippen LogP contribution is 2.32. The van der Waals surface area contributed by atoms with Crippen LogP contribution in [0.1, 0.15) is 0 Å². The monoisotopic (exact) mass is 361 g/mol. The number of aromatic nitrogens is 5. The molecule has 0 bridgehead atoms. The molecule has 0 unspecified atom stereocenters. The number of nitrogen functional groups attached to an aromatic ring is 1. The minimum absolute atomic E-state index is 0.235. The Morgan fingerprint density at radius 2 is 1.78 bits per heavy atom. The Balaban J connectivity index is 1.79. The van der Waals surface area contributed by atoms with Crippen molar-refractivity contribution in [2.24, 2.45) is 7.05 Å². The van der Waals surface area contributed by atoms with Crippen LogP contribution in [0.25, 0.3) is 33.2 Å². The number of morpholine rings is 1. The largest absolute Gasteiger partial charge is 0.378 e. The molecule has 2 N–H and O–H groups in total. The highest BCUT2D eigenvalue weighted by Gasteiger charge is 2.20. The van der Waals surface area contributed by atoms with Crippen LogP contribution < -0.4 is 10.6 Å². The second-order valence-electron chi connectivity index (χ2n) is 6.62. The van der Waals surface area contributed by atoms with Gasteiger partial charge in [-0.3, -0.25) is 0 Å². The van der Waals surface area contributed by atoms with Gasteiger partial charge in [-0.15, -0.1) is 0 Å². The molecule has 4 heterocycles. The smallest absolute Gasteiger partial charge is 0.219 e. The van der Waals surface area contributed by atoms with Crippen molar-refractivity contribution in [3.8, 4) is 11.4 Å². The summed E-state index contributed by atoms with van der Waals surface area (Å²) in [5.41, 5.74) is 8.44. The van der Waals surface area contributed by atoms with E-state index in [0.29, 0.717) is 19.0 Å². The molecule has 8 heteroatoms. The average molecular weight is 361 g/mol. The molecule has 27 heavy (non-hydrogen) atoms. The van der Waals surface area contributed by atoms with Crippen molar-refractivity contribution in [2.75, 3.05) is 36.9 Å². The van der Waals surface area contributed by atoms with Crippen molar-refractivity contribution in [1.82, 2.24) is 24.5 Å². The van der Waals surface area contributed by atoms with Gasteiger partial charge in [-0.2, -0.15) is 0 Å². The third kappa shape index (κ3) is 2.65. The van der Waals surface area contributed by atoms with E-state index in [1.54, 1.807) is 12.4 Å². The highest BCUT2D eigenvalue weighted by molar-refractivity contribution is 6.08. The Morgan fingerprint density at radius 1 is 1.00 bits per heavy atom. The standard InChI is InChI=1S/C19H19N7O/c1-25-5-4-13-15(25)3-2-14-16(13)23-17(12-10-21-19(20)22-11-12)24-18(14)26-6-8-27-9-7-26/h2-5,10-11H,6-9H2,1H3,(H2,20,21,22). The average Bonchev–Trinajstić information content (AvgIpc) is 3.10. The van der Waals surface area contributed by atoms with Gasteiger partial charge < -0.3 is 19.9 Å². The van der Waals surface area contributed by atoms with Crippen LogP contribution >= 0.6 is 0 Å². The fourth-order valence-corrected chi connectivity index (χ4v) is 3.53. The topological polar surface area (TPSA) is 95.0 Å². The van der Waals surface area contributed by atoms with E-state index in [9.17, 15) is 0 Å². The molecule has 0 saturated carbocycles. The Kier molecular flexibility index (Phi) is 3.64. The van der Waals surface area contributed by atoms with E-state index in [0.717, 1.165) is 46.3 Å². The van der Waals surface area contributed by atoms with Crippen molar-refractivity contribution >= 4 is 33.6 Å². The van der Waals surface area contributed by atoms with Gasteiger partial charge in [-0.05, 0) is 18.2 Å². The SMILES string of the molecule is Cn1ccc2c3nc(-c4cnc(N)nc4)nc(N4CCOCC4)c3ccc21. The number of anilines is 2. The first-order valence-corrected chi connectivity index (χ1v) is 8.87. The molecule has 0 spiro atoms. The molecular formula is C19H19N7O. The van der Waals surface area contributed by atoms with Crippen LogP contribution in [0.2, 0.25) is 0 Å². The summed E-state index contributed by atoms with van der Waals surface area (Å²) in [7, 11) is 2.03. The molecule has 0 aliphatic carbocycles. The van der Waals surface area contributed by atoms with Gasteiger partial charge >= 0.3 is 0 Å². The molecule has 1 fully saturated rings. The van der Waals surface area contributed by atoms with E-state index in [4.69, 9.17) is 20.4 Å². The third-order valence-corrected chi connectivity index (χ3v) is 4.95.